The molecule has 3 atom stereocenters. The van der Waals surface area contributed by atoms with Gasteiger partial charge < -0.3 is 15.8 Å². The fourth-order valence-electron chi connectivity index (χ4n) is 1.98. The van der Waals surface area contributed by atoms with E-state index in [1.54, 1.807) is 0 Å². The van der Waals surface area contributed by atoms with Gasteiger partial charge in [0, 0.05) is 12.1 Å². The van der Waals surface area contributed by atoms with E-state index in [1.165, 1.54) is 7.11 Å². The van der Waals surface area contributed by atoms with E-state index in [1.807, 2.05) is 6.92 Å². The smallest absolute Gasteiger partial charge is 0.322 e. The highest BCUT2D eigenvalue weighted by atomic mass is 16.5. The minimum atomic E-state index is -0.227. The van der Waals surface area contributed by atoms with E-state index >= 15 is 0 Å². The molecule has 4 heteroatoms. The molecule has 1 aliphatic carbocycles. The van der Waals surface area contributed by atoms with Crippen LogP contribution in [0, 0.1) is 0 Å². The Kier molecular flexibility index (Phi) is 4.35. The second-order valence-corrected chi connectivity index (χ2v) is 4.04. The topological polar surface area (TPSA) is 64.3 Å². The quantitative estimate of drug-likeness (QED) is 0.648. The van der Waals surface area contributed by atoms with Gasteiger partial charge in [0.05, 0.1) is 7.11 Å². The van der Waals surface area contributed by atoms with Crippen LogP contribution in [0.25, 0.3) is 0 Å². The molecule has 0 heterocycles. The Morgan fingerprint density at radius 1 is 1.57 bits per heavy atom. The molecule has 0 saturated heterocycles. The Hall–Kier alpha value is -0.610. The molecule has 1 rings (SSSR count). The van der Waals surface area contributed by atoms with Crippen LogP contribution < -0.4 is 11.1 Å². The predicted molar refractivity (Wildman–Crippen MR) is 54.8 cm³/mol. The summed E-state index contributed by atoms with van der Waals surface area (Å²) in [7, 11) is 1.41. The van der Waals surface area contributed by atoms with Crippen LogP contribution in [-0.2, 0) is 9.53 Å². The normalized spacial score (nSPS) is 29.6. The summed E-state index contributed by atoms with van der Waals surface area (Å²) in [6.07, 6.45) is 4.31. The van der Waals surface area contributed by atoms with E-state index < -0.39 is 0 Å². The Morgan fingerprint density at radius 2 is 2.29 bits per heavy atom. The van der Waals surface area contributed by atoms with Crippen molar-refractivity contribution in [3.63, 3.8) is 0 Å². The van der Waals surface area contributed by atoms with Gasteiger partial charge in [-0.1, -0.05) is 6.42 Å². The van der Waals surface area contributed by atoms with Crippen LogP contribution in [0.5, 0.6) is 0 Å². The highest BCUT2D eigenvalue weighted by molar-refractivity contribution is 5.75. The first-order chi connectivity index (χ1) is 6.63. The number of esters is 1. The second kappa shape index (κ2) is 5.32. The third kappa shape index (κ3) is 3.27. The summed E-state index contributed by atoms with van der Waals surface area (Å²) in [5.41, 5.74) is 5.85. The number of hydrogen-bond acceptors (Lipinski definition) is 4. The maximum atomic E-state index is 11.2. The van der Waals surface area contributed by atoms with Crippen molar-refractivity contribution in [3.8, 4) is 0 Å². The van der Waals surface area contributed by atoms with Crippen molar-refractivity contribution in [3.05, 3.63) is 0 Å². The average Bonchev–Trinajstić information content (AvgIpc) is 2.16. The molecule has 14 heavy (non-hydrogen) atoms. The van der Waals surface area contributed by atoms with Gasteiger partial charge in [-0.25, -0.2) is 0 Å². The van der Waals surface area contributed by atoms with E-state index in [2.05, 4.69) is 10.1 Å². The van der Waals surface area contributed by atoms with Gasteiger partial charge in [0.15, 0.2) is 0 Å². The van der Waals surface area contributed by atoms with Crippen molar-refractivity contribution in [2.75, 3.05) is 7.11 Å². The Balaban J connectivity index is 2.32. The number of nitrogens with two attached hydrogens (primary N) is 1. The number of rotatable bonds is 3. The molecule has 0 aromatic heterocycles. The number of nitrogens with one attached hydrogen (secondary N) is 1. The number of carbonyl (C=O) groups is 1. The van der Waals surface area contributed by atoms with E-state index in [-0.39, 0.29) is 18.1 Å². The van der Waals surface area contributed by atoms with E-state index in [0.29, 0.717) is 6.04 Å². The lowest BCUT2D eigenvalue weighted by molar-refractivity contribution is -0.142. The Morgan fingerprint density at radius 3 is 2.86 bits per heavy atom. The molecule has 0 amide bonds. The molecule has 2 unspecified atom stereocenters. The first-order valence-corrected chi connectivity index (χ1v) is 5.23. The third-order valence-electron chi connectivity index (χ3n) is 2.76. The van der Waals surface area contributed by atoms with E-state index in [4.69, 9.17) is 5.73 Å². The Bertz CT molecular complexity index is 197. The summed E-state index contributed by atoms with van der Waals surface area (Å²) in [6, 6.07) is 0.425. The van der Waals surface area contributed by atoms with Gasteiger partial charge in [-0.3, -0.25) is 4.79 Å². The lowest BCUT2D eigenvalue weighted by Gasteiger charge is -2.29. The van der Waals surface area contributed by atoms with Crippen LogP contribution in [-0.4, -0.2) is 31.2 Å². The summed E-state index contributed by atoms with van der Waals surface area (Å²) in [5, 5.41) is 3.25. The third-order valence-corrected chi connectivity index (χ3v) is 2.76. The zero-order valence-electron chi connectivity index (χ0n) is 8.95. The van der Waals surface area contributed by atoms with Gasteiger partial charge in [-0.15, -0.1) is 0 Å². The van der Waals surface area contributed by atoms with Gasteiger partial charge in [-0.05, 0) is 26.2 Å². The molecule has 0 radical (unpaired) electrons. The lowest BCUT2D eigenvalue weighted by atomic mass is 9.91. The largest absolute Gasteiger partial charge is 0.468 e. The zero-order valence-corrected chi connectivity index (χ0v) is 8.95. The highest BCUT2D eigenvalue weighted by Gasteiger charge is 2.23. The van der Waals surface area contributed by atoms with Crippen LogP contribution >= 0.6 is 0 Å². The molecule has 1 saturated carbocycles. The van der Waals surface area contributed by atoms with Crippen LogP contribution in [0.3, 0.4) is 0 Å². The lowest BCUT2D eigenvalue weighted by Crippen LogP contribution is -2.46. The number of ether oxygens (including phenoxy) is 1. The predicted octanol–water partition coefficient (Wildman–Crippen LogP) is 0.407. The monoisotopic (exact) mass is 200 g/mol. The summed E-state index contributed by atoms with van der Waals surface area (Å²) < 4.78 is 4.65. The molecule has 0 aromatic carbocycles. The molecule has 0 bridgehead atoms. The molecule has 4 nitrogen and oxygen atoms in total. The van der Waals surface area contributed by atoms with Crippen molar-refractivity contribution in [1.82, 2.24) is 5.32 Å². The molecular formula is C10H20N2O2. The number of hydrogen-bond donors (Lipinski definition) is 2. The SMILES string of the molecule is COC(=O)[C@H](C)NC1CCCC(N)C1. The van der Waals surface area contributed by atoms with Crippen LogP contribution in [0.1, 0.15) is 32.6 Å². The molecule has 0 aliphatic heterocycles. The zero-order chi connectivity index (χ0) is 10.6. The summed E-state index contributed by atoms with van der Waals surface area (Å²) in [5.74, 6) is -0.204. The first-order valence-electron chi connectivity index (χ1n) is 5.23. The fraction of sp³-hybridized carbons (Fsp3) is 0.900. The number of carbonyl (C=O) groups excluding carboxylic acids is 1. The summed E-state index contributed by atoms with van der Waals surface area (Å²) in [6.45, 7) is 1.83. The molecule has 0 aromatic rings. The molecular weight excluding hydrogens is 180 g/mol. The number of methoxy groups -OCH3 is 1. The van der Waals surface area contributed by atoms with Gasteiger partial charge >= 0.3 is 5.97 Å². The van der Waals surface area contributed by atoms with E-state index in [9.17, 15) is 4.79 Å². The standard InChI is InChI=1S/C10H20N2O2/c1-7(10(13)14-2)12-9-5-3-4-8(11)6-9/h7-9,12H,3-6,11H2,1-2H3/t7-,8?,9?/m0/s1. The minimum absolute atomic E-state index is 0.204. The average molecular weight is 200 g/mol. The fourth-order valence-corrected chi connectivity index (χ4v) is 1.98. The first kappa shape index (κ1) is 11.5. The summed E-state index contributed by atoms with van der Waals surface area (Å²) in [4.78, 5) is 11.2. The maximum absolute atomic E-state index is 11.2. The highest BCUT2D eigenvalue weighted by Crippen LogP contribution is 2.17. The van der Waals surface area contributed by atoms with Gasteiger partial charge in [0.25, 0.3) is 0 Å². The van der Waals surface area contributed by atoms with Crippen LogP contribution in [0.4, 0.5) is 0 Å². The van der Waals surface area contributed by atoms with Gasteiger partial charge in [0.2, 0.25) is 0 Å². The van der Waals surface area contributed by atoms with Crippen molar-refractivity contribution in [2.45, 2.75) is 50.7 Å². The molecule has 3 N–H and O–H groups in total. The summed E-state index contributed by atoms with van der Waals surface area (Å²) >= 11 is 0. The van der Waals surface area contributed by atoms with Crippen LogP contribution in [0.2, 0.25) is 0 Å². The minimum Gasteiger partial charge on any atom is -0.468 e. The van der Waals surface area contributed by atoms with Gasteiger partial charge in [-0.2, -0.15) is 0 Å². The Labute approximate surface area is 85.2 Å². The molecule has 0 spiro atoms. The molecule has 82 valence electrons. The van der Waals surface area contributed by atoms with Crippen molar-refractivity contribution >= 4 is 5.97 Å². The maximum Gasteiger partial charge on any atom is 0.322 e. The van der Waals surface area contributed by atoms with Crippen molar-refractivity contribution < 1.29 is 9.53 Å². The molecule has 1 aliphatic rings. The second-order valence-electron chi connectivity index (χ2n) is 4.04. The van der Waals surface area contributed by atoms with Crippen LogP contribution in [0.15, 0.2) is 0 Å². The van der Waals surface area contributed by atoms with Gasteiger partial charge in [0.1, 0.15) is 6.04 Å². The van der Waals surface area contributed by atoms with Crippen molar-refractivity contribution in [1.29, 1.82) is 0 Å². The van der Waals surface area contributed by atoms with E-state index in [0.717, 1.165) is 25.7 Å². The molecule has 1 fully saturated rings. The van der Waals surface area contributed by atoms with Crippen molar-refractivity contribution in [2.24, 2.45) is 5.73 Å².